The van der Waals surface area contributed by atoms with Crippen LogP contribution in [0, 0.1) is 5.92 Å². The predicted molar refractivity (Wildman–Crippen MR) is 72.8 cm³/mol. The Balaban J connectivity index is 2.05. The van der Waals surface area contributed by atoms with E-state index in [0.29, 0.717) is 5.02 Å². The number of amides is 1. The van der Waals surface area contributed by atoms with Gasteiger partial charge in [0.15, 0.2) is 0 Å². The van der Waals surface area contributed by atoms with Gasteiger partial charge in [-0.1, -0.05) is 18.5 Å². The smallest absolute Gasteiger partial charge is 0.407 e. The minimum Gasteiger partial charge on any atom is -0.465 e. The number of carbonyl (C=O) groups is 1. The summed E-state index contributed by atoms with van der Waals surface area (Å²) in [7, 11) is 0. The van der Waals surface area contributed by atoms with Gasteiger partial charge < -0.3 is 10.4 Å². The van der Waals surface area contributed by atoms with Crippen molar-refractivity contribution in [2.45, 2.75) is 25.3 Å². The van der Waals surface area contributed by atoms with Gasteiger partial charge in [-0.25, -0.2) is 23.5 Å². The Labute approximate surface area is 125 Å². The van der Waals surface area contributed by atoms with Gasteiger partial charge >= 0.3 is 6.09 Å². The molecule has 2 atom stereocenters. The number of carboxylic acid groups (broad SMARTS) is 1. The molecule has 21 heavy (non-hydrogen) atoms. The van der Waals surface area contributed by atoms with E-state index in [-0.39, 0.29) is 18.9 Å². The number of nitrogens with one attached hydrogen (secondary N) is 1. The Kier molecular flexibility index (Phi) is 4.46. The quantitative estimate of drug-likeness (QED) is 0.895. The predicted octanol–water partition coefficient (Wildman–Crippen LogP) is 2.57. The molecule has 2 rings (SSSR count). The summed E-state index contributed by atoms with van der Waals surface area (Å²) in [5, 5.41) is 12.3. The van der Waals surface area contributed by atoms with Crippen LogP contribution in [0.2, 0.25) is 5.02 Å². The van der Waals surface area contributed by atoms with Crippen molar-refractivity contribution in [3.63, 3.8) is 0 Å². The Bertz CT molecular complexity index is 514. The van der Waals surface area contributed by atoms with E-state index in [1.807, 2.05) is 0 Å². The van der Waals surface area contributed by atoms with Gasteiger partial charge in [0.25, 0.3) is 5.92 Å². The highest BCUT2D eigenvalue weighted by Crippen LogP contribution is 2.34. The van der Waals surface area contributed by atoms with E-state index in [9.17, 15) is 13.6 Å². The van der Waals surface area contributed by atoms with Crippen LogP contribution in [0.25, 0.3) is 0 Å². The maximum atomic E-state index is 13.5. The van der Waals surface area contributed by atoms with Gasteiger partial charge in [-0.15, -0.1) is 0 Å². The molecule has 0 bridgehead atoms. The third-order valence-electron chi connectivity index (χ3n) is 3.41. The van der Waals surface area contributed by atoms with Crippen LogP contribution in [0.1, 0.15) is 13.3 Å². The number of hydrogen-bond donors (Lipinski definition) is 2. The minimum atomic E-state index is -2.99. The van der Waals surface area contributed by atoms with E-state index in [2.05, 4.69) is 15.3 Å². The summed E-state index contributed by atoms with van der Waals surface area (Å²) in [6.45, 7) is 0.976. The zero-order valence-corrected chi connectivity index (χ0v) is 12.0. The van der Waals surface area contributed by atoms with Crippen LogP contribution in [-0.2, 0) is 0 Å². The largest absolute Gasteiger partial charge is 0.465 e. The molecule has 116 valence electrons. The second-order valence-corrected chi connectivity index (χ2v) is 5.56. The van der Waals surface area contributed by atoms with Gasteiger partial charge in [-0.05, 0) is 5.92 Å². The van der Waals surface area contributed by atoms with E-state index >= 15 is 0 Å². The number of aromatic nitrogens is 2. The summed E-state index contributed by atoms with van der Waals surface area (Å²) in [5.74, 6) is -3.20. The molecule has 1 aliphatic heterocycles. The number of halogens is 3. The topological polar surface area (TPSA) is 78.4 Å². The first-order valence-electron chi connectivity index (χ1n) is 6.37. The van der Waals surface area contributed by atoms with Crippen molar-refractivity contribution in [3.8, 4) is 0 Å². The second-order valence-electron chi connectivity index (χ2n) is 5.12. The number of piperidine rings is 1. The van der Waals surface area contributed by atoms with Crippen LogP contribution in [0.4, 0.5) is 19.5 Å². The summed E-state index contributed by atoms with van der Waals surface area (Å²) >= 11 is 5.66. The minimum absolute atomic E-state index is 0.158. The zero-order valence-electron chi connectivity index (χ0n) is 11.3. The van der Waals surface area contributed by atoms with Crippen molar-refractivity contribution < 1.29 is 18.7 Å². The maximum Gasteiger partial charge on any atom is 0.407 e. The lowest BCUT2D eigenvalue weighted by atomic mass is 9.89. The molecule has 1 aromatic rings. The first kappa shape index (κ1) is 15.7. The molecule has 0 saturated carbocycles. The highest BCUT2D eigenvalue weighted by Gasteiger charge is 2.46. The van der Waals surface area contributed by atoms with Crippen molar-refractivity contribution in [2.75, 3.05) is 18.4 Å². The molecule has 1 aliphatic rings. The Hall–Kier alpha value is -1.70. The number of anilines is 1. The first-order valence-corrected chi connectivity index (χ1v) is 6.75. The van der Waals surface area contributed by atoms with Crippen LogP contribution in [0.3, 0.4) is 0 Å². The molecule has 0 aromatic carbocycles. The van der Waals surface area contributed by atoms with Gasteiger partial charge in [0.2, 0.25) is 5.95 Å². The molecule has 2 heterocycles. The van der Waals surface area contributed by atoms with Gasteiger partial charge in [0.05, 0.1) is 30.0 Å². The fourth-order valence-corrected chi connectivity index (χ4v) is 2.56. The number of alkyl halides is 2. The van der Waals surface area contributed by atoms with E-state index in [0.717, 1.165) is 4.90 Å². The molecule has 1 aromatic heterocycles. The molecule has 9 heteroatoms. The first-order chi connectivity index (χ1) is 9.78. The van der Waals surface area contributed by atoms with Gasteiger partial charge in [0, 0.05) is 13.0 Å². The average Bonchev–Trinajstić information content (AvgIpc) is 2.38. The molecule has 2 unspecified atom stereocenters. The number of rotatable bonds is 3. The fourth-order valence-electron chi connectivity index (χ4n) is 2.47. The highest BCUT2D eigenvalue weighted by molar-refractivity contribution is 6.30. The SMILES string of the molecule is CC1CC(F)(F)CN(C(=O)O)C1CNc1ncc(Cl)cn1. The van der Waals surface area contributed by atoms with Crippen LogP contribution in [0.5, 0.6) is 0 Å². The van der Waals surface area contributed by atoms with Crippen LogP contribution >= 0.6 is 11.6 Å². The number of likely N-dealkylation sites (tertiary alicyclic amines) is 1. The zero-order chi connectivity index (χ0) is 15.6. The standard InChI is InChI=1S/C12H15ClF2N4O2/c1-7-2-12(14,15)6-19(11(20)21)9(7)5-18-10-16-3-8(13)4-17-10/h3-4,7,9H,2,5-6H2,1H3,(H,20,21)(H,16,17,18). The molecule has 6 nitrogen and oxygen atoms in total. The second kappa shape index (κ2) is 5.97. The molecular weight excluding hydrogens is 306 g/mol. The summed E-state index contributed by atoms with van der Waals surface area (Å²) in [5.41, 5.74) is 0. The Morgan fingerprint density at radius 2 is 2.19 bits per heavy atom. The van der Waals surface area contributed by atoms with Crippen LogP contribution < -0.4 is 5.32 Å². The Morgan fingerprint density at radius 3 is 2.76 bits per heavy atom. The number of nitrogens with zero attached hydrogens (tertiary/aromatic N) is 3. The normalized spacial score (nSPS) is 24.7. The highest BCUT2D eigenvalue weighted by atomic mass is 35.5. The molecule has 0 aliphatic carbocycles. The van der Waals surface area contributed by atoms with E-state index < -0.39 is 30.5 Å². The van der Waals surface area contributed by atoms with Gasteiger partial charge in [0.1, 0.15) is 0 Å². The van der Waals surface area contributed by atoms with Crippen molar-refractivity contribution in [2.24, 2.45) is 5.92 Å². The molecule has 1 saturated heterocycles. The maximum absolute atomic E-state index is 13.5. The lowest BCUT2D eigenvalue weighted by Gasteiger charge is -2.41. The van der Waals surface area contributed by atoms with Gasteiger partial charge in [-0.3, -0.25) is 4.90 Å². The van der Waals surface area contributed by atoms with Crippen molar-refractivity contribution in [1.82, 2.24) is 14.9 Å². The Morgan fingerprint density at radius 1 is 1.57 bits per heavy atom. The van der Waals surface area contributed by atoms with E-state index in [4.69, 9.17) is 16.7 Å². The molecule has 0 spiro atoms. The third kappa shape index (κ3) is 3.90. The molecule has 1 amide bonds. The van der Waals surface area contributed by atoms with Crippen LogP contribution in [0.15, 0.2) is 12.4 Å². The lowest BCUT2D eigenvalue weighted by molar-refractivity contribution is -0.0921. The summed E-state index contributed by atoms with van der Waals surface area (Å²) in [6, 6.07) is -0.568. The number of hydrogen-bond acceptors (Lipinski definition) is 4. The molecule has 1 fully saturated rings. The third-order valence-corrected chi connectivity index (χ3v) is 3.61. The summed E-state index contributed by atoms with van der Waals surface area (Å²) in [6.07, 6.45) is 1.09. The molecule has 2 N–H and O–H groups in total. The molecular formula is C12H15ClF2N4O2. The summed E-state index contributed by atoms with van der Waals surface area (Å²) in [4.78, 5) is 19.8. The average molecular weight is 321 g/mol. The van der Waals surface area contributed by atoms with Crippen molar-refractivity contribution >= 4 is 23.6 Å². The van der Waals surface area contributed by atoms with Gasteiger partial charge in [-0.2, -0.15) is 0 Å². The fraction of sp³-hybridized carbons (Fsp3) is 0.583. The van der Waals surface area contributed by atoms with Crippen molar-refractivity contribution in [3.05, 3.63) is 17.4 Å². The van der Waals surface area contributed by atoms with Crippen LogP contribution in [-0.4, -0.2) is 51.1 Å². The summed E-state index contributed by atoms with van der Waals surface area (Å²) < 4.78 is 27.0. The van der Waals surface area contributed by atoms with E-state index in [1.165, 1.54) is 12.4 Å². The molecule has 0 radical (unpaired) electrons. The lowest BCUT2D eigenvalue weighted by Crippen LogP contribution is -2.57. The monoisotopic (exact) mass is 320 g/mol. The van der Waals surface area contributed by atoms with Crippen molar-refractivity contribution in [1.29, 1.82) is 0 Å². The van der Waals surface area contributed by atoms with E-state index in [1.54, 1.807) is 6.92 Å².